The van der Waals surface area contributed by atoms with Crippen LogP contribution in [0.25, 0.3) is 10.9 Å². The van der Waals surface area contributed by atoms with Crippen molar-refractivity contribution in [2.24, 2.45) is 0 Å². The zero-order valence-corrected chi connectivity index (χ0v) is 21.3. The number of fused-ring (bicyclic) bond motifs is 2. The Morgan fingerprint density at radius 2 is 2.08 bits per heavy atom. The number of halogens is 3. The SMILES string of the molecule is CC1c2c(Cl)cc(Cl)cc2CCN1C(=O)CNc1cc2nc(CC3CNCCN3)[nH]c(=O)c2cc1F. The molecule has 3 heterocycles. The minimum atomic E-state index is -0.622. The van der Waals surface area contributed by atoms with E-state index >= 15 is 0 Å². The van der Waals surface area contributed by atoms with E-state index in [0.717, 1.165) is 36.8 Å². The molecule has 3 aromatic rings. The van der Waals surface area contributed by atoms with Crippen molar-refractivity contribution >= 4 is 45.7 Å². The Hall–Kier alpha value is -2.72. The predicted molar refractivity (Wildman–Crippen MR) is 139 cm³/mol. The molecule has 36 heavy (non-hydrogen) atoms. The molecule has 2 aromatic carbocycles. The Bertz CT molecular complexity index is 1370. The lowest BCUT2D eigenvalue weighted by atomic mass is 9.93. The summed E-state index contributed by atoms with van der Waals surface area (Å²) in [7, 11) is 0. The van der Waals surface area contributed by atoms with Gasteiger partial charge in [0.25, 0.3) is 5.56 Å². The van der Waals surface area contributed by atoms with Gasteiger partial charge in [-0.3, -0.25) is 9.59 Å². The summed E-state index contributed by atoms with van der Waals surface area (Å²) in [6.07, 6.45) is 1.18. The number of hydrogen-bond donors (Lipinski definition) is 4. The molecule has 0 saturated carbocycles. The number of rotatable bonds is 5. The van der Waals surface area contributed by atoms with Crippen molar-refractivity contribution in [3.63, 3.8) is 0 Å². The lowest BCUT2D eigenvalue weighted by molar-refractivity contribution is -0.131. The van der Waals surface area contributed by atoms with Gasteiger partial charge in [0.15, 0.2) is 0 Å². The van der Waals surface area contributed by atoms with Gasteiger partial charge < -0.3 is 25.8 Å². The number of aromatic nitrogens is 2. The molecule has 2 aliphatic heterocycles. The van der Waals surface area contributed by atoms with Crippen LogP contribution in [-0.4, -0.2) is 59.5 Å². The van der Waals surface area contributed by atoms with E-state index in [4.69, 9.17) is 23.2 Å². The zero-order chi connectivity index (χ0) is 25.4. The van der Waals surface area contributed by atoms with E-state index in [0.29, 0.717) is 40.8 Å². The van der Waals surface area contributed by atoms with Crippen LogP contribution in [0.15, 0.2) is 29.1 Å². The van der Waals surface area contributed by atoms with Gasteiger partial charge in [-0.1, -0.05) is 23.2 Å². The number of carbonyl (C=O) groups is 1. The summed E-state index contributed by atoms with van der Waals surface area (Å²) in [5.74, 6) is -0.280. The summed E-state index contributed by atoms with van der Waals surface area (Å²) in [4.78, 5) is 34.7. The molecular formula is C25H27Cl2FN6O2. The summed E-state index contributed by atoms with van der Waals surface area (Å²) in [5.41, 5.74) is 2.02. The molecule has 0 radical (unpaired) electrons. The highest BCUT2D eigenvalue weighted by atomic mass is 35.5. The van der Waals surface area contributed by atoms with Gasteiger partial charge in [-0.15, -0.1) is 0 Å². The first-order valence-corrected chi connectivity index (χ1v) is 12.7. The highest BCUT2D eigenvalue weighted by Gasteiger charge is 2.29. The van der Waals surface area contributed by atoms with Crippen molar-refractivity contribution < 1.29 is 9.18 Å². The largest absolute Gasteiger partial charge is 0.374 e. The number of piperazine rings is 1. The van der Waals surface area contributed by atoms with Crippen LogP contribution in [0.5, 0.6) is 0 Å². The molecule has 2 atom stereocenters. The molecule has 0 bridgehead atoms. The Morgan fingerprint density at radius 1 is 1.25 bits per heavy atom. The van der Waals surface area contributed by atoms with Crippen molar-refractivity contribution in [2.75, 3.05) is 38.0 Å². The zero-order valence-electron chi connectivity index (χ0n) is 19.8. The third kappa shape index (κ3) is 5.06. The monoisotopic (exact) mass is 532 g/mol. The van der Waals surface area contributed by atoms with Crippen molar-refractivity contribution in [1.29, 1.82) is 0 Å². The first-order chi connectivity index (χ1) is 17.3. The maximum Gasteiger partial charge on any atom is 0.258 e. The Balaban J connectivity index is 1.32. The topological polar surface area (TPSA) is 102 Å². The predicted octanol–water partition coefficient (Wildman–Crippen LogP) is 3.03. The van der Waals surface area contributed by atoms with Crippen LogP contribution in [0, 0.1) is 5.82 Å². The van der Waals surface area contributed by atoms with Crippen LogP contribution in [0.4, 0.5) is 10.1 Å². The van der Waals surface area contributed by atoms with E-state index in [1.165, 1.54) is 6.07 Å². The minimum Gasteiger partial charge on any atom is -0.374 e. The maximum absolute atomic E-state index is 14.8. The molecule has 11 heteroatoms. The van der Waals surface area contributed by atoms with Crippen molar-refractivity contribution in [2.45, 2.75) is 31.8 Å². The van der Waals surface area contributed by atoms with E-state index in [1.54, 1.807) is 11.0 Å². The third-order valence-electron chi connectivity index (χ3n) is 6.85. The third-order valence-corrected chi connectivity index (χ3v) is 7.38. The lowest BCUT2D eigenvalue weighted by Crippen LogP contribution is -2.49. The van der Waals surface area contributed by atoms with Gasteiger partial charge in [-0.25, -0.2) is 9.37 Å². The highest BCUT2D eigenvalue weighted by Crippen LogP contribution is 2.37. The minimum absolute atomic E-state index is 0.110. The number of anilines is 1. The van der Waals surface area contributed by atoms with Crippen molar-refractivity contribution in [1.82, 2.24) is 25.5 Å². The van der Waals surface area contributed by atoms with Crippen LogP contribution >= 0.6 is 23.2 Å². The number of amides is 1. The molecule has 1 amide bonds. The van der Waals surface area contributed by atoms with Gasteiger partial charge in [-0.2, -0.15) is 0 Å². The van der Waals surface area contributed by atoms with Crippen LogP contribution in [0.1, 0.15) is 29.9 Å². The summed E-state index contributed by atoms with van der Waals surface area (Å²) in [6, 6.07) is 6.11. The fraction of sp³-hybridized carbons (Fsp3) is 0.400. The van der Waals surface area contributed by atoms with Crippen LogP contribution in [0.3, 0.4) is 0 Å². The van der Waals surface area contributed by atoms with Gasteiger partial charge in [0, 0.05) is 48.7 Å². The summed E-state index contributed by atoms with van der Waals surface area (Å²) in [5, 5.41) is 10.8. The van der Waals surface area contributed by atoms with E-state index in [2.05, 4.69) is 25.9 Å². The summed E-state index contributed by atoms with van der Waals surface area (Å²) in [6.45, 7) is 4.83. The van der Waals surface area contributed by atoms with Gasteiger partial charge >= 0.3 is 0 Å². The van der Waals surface area contributed by atoms with Crippen LogP contribution in [-0.2, 0) is 17.6 Å². The molecule has 8 nitrogen and oxygen atoms in total. The number of carbonyl (C=O) groups excluding carboxylic acids is 1. The number of H-pyrrole nitrogens is 1. The first kappa shape index (κ1) is 25.0. The molecule has 190 valence electrons. The second-order valence-electron chi connectivity index (χ2n) is 9.25. The molecular weight excluding hydrogens is 506 g/mol. The Labute approximate surface area is 217 Å². The van der Waals surface area contributed by atoms with E-state index in [9.17, 15) is 14.0 Å². The van der Waals surface area contributed by atoms with Gasteiger partial charge in [-0.05, 0) is 48.7 Å². The molecule has 0 spiro atoms. The first-order valence-electron chi connectivity index (χ1n) is 12.0. The number of nitrogens with one attached hydrogen (secondary N) is 4. The van der Waals surface area contributed by atoms with E-state index in [1.807, 2.05) is 13.0 Å². The molecule has 2 unspecified atom stereocenters. The molecule has 2 aliphatic rings. The quantitative estimate of drug-likeness (QED) is 0.402. The fourth-order valence-electron chi connectivity index (χ4n) is 5.05. The number of benzene rings is 2. The molecule has 1 fully saturated rings. The molecule has 1 saturated heterocycles. The fourth-order valence-corrected chi connectivity index (χ4v) is 5.74. The van der Waals surface area contributed by atoms with Crippen molar-refractivity contribution in [3.8, 4) is 0 Å². The lowest BCUT2D eigenvalue weighted by Gasteiger charge is -2.36. The molecule has 0 aliphatic carbocycles. The summed E-state index contributed by atoms with van der Waals surface area (Å²) >= 11 is 12.5. The second-order valence-corrected chi connectivity index (χ2v) is 10.1. The average Bonchev–Trinajstić information content (AvgIpc) is 2.83. The Morgan fingerprint density at radius 3 is 2.86 bits per heavy atom. The summed E-state index contributed by atoms with van der Waals surface area (Å²) < 4.78 is 14.8. The normalized spacial score (nSPS) is 19.8. The number of nitrogens with zero attached hydrogens (tertiary/aromatic N) is 2. The van der Waals surface area contributed by atoms with Crippen LogP contribution in [0.2, 0.25) is 10.0 Å². The van der Waals surface area contributed by atoms with Gasteiger partial charge in [0.2, 0.25) is 5.91 Å². The van der Waals surface area contributed by atoms with E-state index < -0.39 is 11.4 Å². The highest BCUT2D eigenvalue weighted by molar-refractivity contribution is 6.35. The standard InChI is InChI=1S/C25H27Cl2FN6O2/c1-13-24-14(6-15(26)7-18(24)27)2-5-34(13)23(35)12-31-21-10-20-17(9-19(21)28)25(36)33-22(32-20)8-16-11-29-3-4-30-16/h6-7,9-10,13,16,29-31H,2-5,8,11-12H2,1H3,(H,32,33,36). The second kappa shape index (κ2) is 10.3. The molecule has 5 rings (SSSR count). The Kier molecular flexibility index (Phi) is 7.16. The smallest absolute Gasteiger partial charge is 0.258 e. The van der Waals surface area contributed by atoms with E-state index in [-0.39, 0.29) is 35.6 Å². The van der Waals surface area contributed by atoms with Crippen LogP contribution < -0.4 is 21.5 Å². The van der Waals surface area contributed by atoms with Crippen molar-refractivity contribution in [3.05, 3.63) is 67.4 Å². The van der Waals surface area contributed by atoms with Gasteiger partial charge in [0.05, 0.1) is 29.2 Å². The molecule has 1 aromatic heterocycles. The van der Waals surface area contributed by atoms with Gasteiger partial charge in [0.1, 0.15) is 11.6 Å². The number of aromatic amines is 1. The number of hydrogen-bond acceptors (Lipinski definition) is 6. The molecule has 4 N–H and O–H groups in total. The average molecular weight is 533 g/mol. The maximum atomic E-state index is 14.8.